The van der Waals surface area contributed by atoms with Crippen LogP contribution < -0.4 is 4.74 Å². The molecule has 0 saturated heterocycles. The molecule has 0 atom stereocenters. The van der Waals surface area contributed by atoms with Gasteiger partial charge in [-0.2, -0.15) is 0 Å². The minimum absolute atomic E-state index is 0.891. The van der Waals surface area contributed by atoms with Crippen LogP contribution in [0.5, 0.6) is 5.75 Å². The van der Waals surface area contributed by atoms with Crippen molar-refractivity contribution in [3.8, 4) is 5.75 Å². The summed E-state index contributed by atoms with van der Waals surface area (Å²) in [4.78, 5) is 0. The van der Waals surface area contributed by atoms with Gasteiger partial charge in [0.05, 0.1) is 12.9 Å². The predicted octanol–water partition coefficient (Wildman–Crippen LogP) is 5.14. The minimum Gasteiger partial charge on any atom is -0.497 e. The zero-order chi connectivity index (χ0) is 12.3. The van der Waals surface area contributed by atoms with E-state index in [2.05, 4.69) is 75.5 Å². The quantitative estimate of drug-likeness (QED) is 0.568. The first-order chi connectivity index (χ1) is 8.19. The van der Waals surface area contributed by atoms with Crippen LogP contribution in [0, 0.1) is 5.77 Å². The summed E-state index contributed by atoms with van der Waals surface area (Å²) in [6.45, 7) is 0. The summed E-state index contributed by atoms with van der Waals surface area (Å²) < 4.78 is 7.78. The van der Waals surface area contributed by atoms with Crippen LogP contribution in [0.15, 0.2) is 30.3 Å². The van der Waals surface area contributed by atoms with Crippen molar-refractivity contribution in [2.45, 2.75) is 0 Å². The summed E-state index contributed by atoms with van der Waals surface area (Å²) in [5, 5.41) is 0. The molecule has 17 heavy (non-hydrogen) atoms. The van der Waals surface area contributed by atoms with Crippen molar-refractivity contribution < 1.29 is 4.74 Å². The van der Waals surface area contributed by atoms with Crippen LogP contribution in [0.25, 0.3) is 12.2 Å². The molecular formula is C13H10I2OS. The molecule has 0 fully saturated rings. The van der Waals surface area contributed by atoms with Gasteiger partial charge in [0, 0.05) is 0 Å². The lowest BCUT2D eigenvalue weighted by Gasteiger charge is -1.98. The van der Waals surface area contributed by atoms with Crippen LogP contribution in [0.4, 0.5) is 0 Å². The Kier molecular flexibility index (Phi) is 4.87. The Morgan fingerprint density at radius 3 is 2.35 bits per heavy atom. The van der Waals surface area contributed by atoms with Crippen molar-refractivity contribution in [1.82, 2.24) is 0 Å². The van der Waals surface area contributed by atoms with Crippen LogP contribution in [-0.2, 0) is 0 Å². The molecule has 0 N–H and O–H groups in total. The van der Waals surface area contributed by atoms with Gasteiger partial charge in [-0.05, 0) is 74.5 Å². The SMILES string of the molecule is COc1ccc(/C=C/c2cc(I)sc2I)cc1. The molecule has 0 amide bonds. The summed E-state index contributed by atoms with van der Waals surface area (Å²) in [6, 6.07) is 10.3. The Bertz CT molecular complexity index is 529. The first kappa shape index (κ1) is 13.4. The van der Waals surface area contributed by atoms with Crippen LogP contribution in [0.3, 0.4) is 0 Å². The number of hydrogen-bond donors (Lipinski definition) is 0. The van der Waals surface area contributed by atoms with Gasteiger partial charge in [0.1, 0.15) is 5.75 Å². The average molecular weight is 468 g/mol. The maximum Gasteiger partial charge on any atom is 0.118 e. The van der Waals surface area contributed by atoms with Gasteiger partial charge in [-0.1, -0.05) is 24.3 Å². The van der Waals surface area contributed by atoms with Gasteiger partial charge in [0.15, 0.2) is 0 Å². The lowest BCUT2D eigenvalue weighted by molar-refractivity contribution is 0.415. The van der Waals surface area contributed by atoms with Crippen molar-refractivity contribution in [3.63, 3.8) is 0 Å². The number of thiophene rings is 1. The van der Waals surface area contributed by atoms with Crippen LogP contribution in [-0.4, -0.2) is 7.11 Å². The van der Waals surface area contributed by atoms with Gasteiger partial charge in [-0.25, -0.2) is 0 Å². The maximum absolute atomic E-state index is 5.13. The highest BCUT2D eigenvalue weighted by Gasteiger charge is 2.00. The van der Waals surface area contributed by atoms with Gasteiger partial charge < -0.3 is 4.74 Å². The Hall–Kier alpha value is -0.0800. The zero-order valence-electron chi connectivity index (χ0n) is 9.11. The van der Waals surface area contributed by atoms with Crippen molar-refractivity contribution >= 4 is 68.7 Å². The second-order valence-electron chi connectivity index (χ2n) is 3.39. The summed E-state index contributed by atoms with van der Waals surface area (Å²) in [5.41, 5.74) is 2.47. The van der Waals surface area contributed by atoms with E-state index in [1.165, 1.54) is 16.9 Å². The molecule has 1 heterocycles. The summed E-state index contributed by atoms with van der Waals surface area (Å²) in [6.07, 6.45) is 4.28. The van der Waals surface area contributed by atoms with Crippen molar-refractivity contribution in [2.75, 3.05) is 7.11 Å². The smallest absolute Gasteiger partial charge is 0.118 e. The molecule has 0 aliphatic rings. The van der Waals surface area contributed by atoms with Crippen molar-refractivity contribution in [2.24, 2.45) is 0 Å². The fraction of sp³-hybridized carbons (Fsp3) is 0.0769. The van der Waals surface area contributed by atoms with Gasteiger partial charge >= 0.3 is 0 Å². The third-order valence-corrected chi connectivity index (χ3v) is 5.24. The summed E-state index contributed by atoms with van der Waals surface area (Å²) >= 11 is 6.54. The molecule has 2 aromatic rings. The molecule has 1 aromatic carbocycles. The Labute approximate surface area is 132 Å². The number of benzene rings is 1. The Morgan fingerprint density at radius 1 is 1.12 bits per heavy atom. The standard InChI is InChI=1S/C13H10I2OS/c1-16-11-6-3-9(4-7-11)2-5-10-8-12(14)17-13(10)15/h2-8H,1H3/b5-2+. The average Bonchev–Trinajstić information content (AvgIpc) is 2.66. The van der Waals surface area contributed by atoms with Crippen molar-refractivity contribution in [3.05, 3.63) is 47.2 Å². The van der Waals surface area contributed by atoms with E-state index in [9.17, 15) is 0 Å². The monoisotopic (exact) mass is 468 g/mol. The third-order valence-electron chi connectivity index (χ3n) is 2.25. The van der Waals surface area contributed by atoms with E-state index in [4.69, 9.17) is 4.74 Å². The molecule has 0 saturated carbocycles. The zero-order valence-corrected chi connectivity index (χ0v) is 14.2. The fourth-order valence-corrected chi connectivity index (χ4v) is 5.28. The van der Waals surface area contributed by atoms with E-state index in [1.54, 1.807) is 7.11 Å². The summed E-state index contributed by atoms with van der Waals surface area (Å²) in [7, 11) is 1.68. The molecule has 1 nitrogen and oxygen atoms in total. The highest BCUT2D eigenvalue weighted by molar-refractivity contribution is 14.1. The van der Waals surface area contributed by atoms with Gasteiger partial charge in [0.2, 0.25) is 0 Å². The van der Waals surface area contributed by atoms with E-state index < -0.39 is 0 Å². The maximum atomic E-state index is 5.13. The normalized spacial score (nSPS) is 11.0. The van der Waals surface area contributed by atoms with E-state index >= 15 is 0 Å². The topological polar surface area (TPSA) is 9.23 Å². The van der Waals surface area contributed by atoms with Gasteiger partial charge in [-0.3, -0.25) is 0 Å². The number of halogens is 2. The van der Waals surface area contributed by atoms with Crippen molar-refractivity contribution in [1.29, 1.82) is 0 Å². The molecule has 0 aliphatic heterocycles. The number of methoxy groups -OCH3 is 1. The third kappa shape index (κ3) is 3.69. The first-order valence-electron chi connectivity index (χ1n) is 4.96. The molecular weight excluding hydrogens is 458 g/mol. The second kappa shape index (κ2) is 6.19. The molecule has 0 aliphatic carbocycles. The molecule has 2 rings (SSSR count). The van der Waals surface area contributed by atoms with Crippen LogP contribution in [0.1, 0.15) is 11.1 Å². The molecule has 4 heteroatoms. The van der Waals surface area contributed by atoms with E-state index in [0.29, 0.717) is 0 Å². The highest BCUT2D eigenvalue weighted by atomic mass is 127. The van der Waals surface area contributed by atoms with E-state index in [1.807, 2.05) is 23.5 Å². The Morgan fingerprint density at radius 2 is 1.82 bits per heavy atom. The molecule has 88 valence electrons. The van der Waals surface area contributed by atoms with Crippen LogP contribution >= 0.6 is 56.5 Å². The number of rotatable bonds is 3. The molecule has 0 bridgehead atoms. The highest BCUT2D eigenvalue weighted by Crippen LogP contribution is 2.27. The number of ether oxygens (including phenoxy) is 1. The largest absolute Gasteiger partial charge is 0.497 e. The first-order valence-corrected chi connectivity index (χ1v) is 7.93. The predicted molar refractivity (Wildman–Crippen MR) is 91.7 cm³/mol. The Balaban J connectivity index is 2.17. The van der Waals surface area contributed by atoms with Crippen LogP contribution in [0.2, 0.25) is 0 Å². The minimum atomic E-state index is 0.891. The molecule has 0 radical (unpaired) electrons. The fourth-order valence-electron chi connectivity index (χ4n) is 1.37. The molecule has 0 unspecified atom stereocenters. The lowest BCUT2D eigenvalue weighted by Crippen LogP contribution is -1.81. The molecule has 1 aromatic heterocycles. The van der Waals surface area contributed by atoms with E-state index in [-0.39, 0.29) is 0 Å². The van der Waals surface area contributed by atoms with E-state index in [0.717, 1.165) is 5.75 Å². The van der Waals surface area contributed by atoms with Gasteiger partial charge in [-0.15, -0.1) is 11.3 Å². The number of hydrogen-bond acceptors (Lipinski definition) is 2. The lowest BCUT2D eigenvalue weighted by atomic mass is 10.2. The second-order valence-corrected chi connectivity index (χ2v) is 8.14. The van der Waals surface area contributed by atoms with Gasteiger partial charge in [0.25, 0.3) is 0 Å². The molecule has 0 spiro atoms. The summed E-state index contributed by atoms with van der Waals surface area (Å²) in [5.74, 6) is 0.891.